The molecule has 0 saturated carbocycles. The number of nitrogens with zero attached hydrogens (tertiary/aromatic N) is 3. The number of fused-ring (bicyclic) bond motifs is 3. The van der Waals surface area contributed by atoms with Gasteiger partial charge in [-0.05, 0) is 30.7 Å². The van der Waals surface area contributed by atoms with Crippen LogP contribution in [0.15, 0.2) is 36.9 Å². The van der Waals surface area contributed by atoms with Crippen LogP contribution in [0, 0.1) is 11.6 Å². The summed E-state index contributed by atoms with van der Waals surface area (Å²) < 4.78 is 32.3. The van der Waals surface area contributed by atoms with Crippen LogP contribution >= 0.6 is 0 Å². The van der Waals surface area contributed by atoms with Crippen LogP contribution in [0.4, 0.5) is 8.78 Å². The van der Waals surface area contributed by atoms with Gasteiger partial charge >= 0.3 is 5.97 Å². The maximum absolute atomic E-state index is 13.7. The molecule has 1 aromatic carbocycles. The predicted molar refractivity (Wildman–Crippen MR) is 109 cm³/mol. The first-order valence-electron chi connectivity index (χ1n) is 9.70. The molecule has 0 radical (unpaired) electrons. The quantitative estimate of drug-likeness (QED) is 0.647. The highest BCUT2D eigenvalue weighted by atomic mass is 19.2. The molecule has 160 valence electrons. The minimum atomic E-state index is -1.12. The van der Waals surface area contributed by atoms with Crippen molar-refractivity contribution in [3.05, 3.63) is 65.4 Å². The minimum Gasteiger partial charge on any atom is -0.462 e. The third-order valence-corrected chi connectivity index (χ3v) is 5.19. The molecule has 0 atom stereocenters. The van der Waals surface area contributed by atoms with Crippen LogP contribution in [0.1, 0.15) is 42.4 Å². The SMILES string of the molecule is CCOC(=O)C1=CN(C(=O)c2ccc(F)c(F)c2)CC(C)(C)c2c1[nH]c1ncncc21. The second kappa shape index (κ2) is 7.57. The molecule has 31 heavy (non-hydrogen) atoms. The van der Waals surface area contributed by atoms with E-state index in [4.69, 9.17) is 4.74 Å². The maximum Gasteiger partial charge on any atom is 0.341 e. The van der Waals surface area contributed by atoms with Gasteiger partial charge in [0.1, 0.15) is 12.0 Å². The highest BCUT2D eigenvalue weighted by molar-refractivity contribution is 6.18. The van der Waals surface area contributed by atoms with E-state index in [2.05, 4.69) is 15.0 Å². The van der Waals surface area contributed by atoms with E-state index in [1.54, 1.807) is 13.1 Å². The third kappa shape index (κ3) is 3.56. The van der Waals surface area contributed by atoms with Crippen molar-refractivity contribution < 1.29 is 23.1 Å². The number of hydrogen-bond acceptors (Lipinski definition) is 5. The highest BCUT2D eigenvalue weighted by Gasteiger charge is 2.38. The Morgan fingerprint density at radius 1 is 1.26 bits per heavy atom. The summed E-state index contributed by atoms with van der Waals surface area (Å²) in [6, 6.07) is 2.95. The van der Waals surface area contributed by atoms with E-state index >= 15 is 0 Å². The Kier molecular flexibility index (Phi) is 5.04. The standard InChI is InChI=1S/C22H20F2N4O3/c1-4-31-21(30)14-9-28(20(29)12-5-6-15(23)16(24)7-12)10-22(2,3)17-13-8-25-11-26-19(13)27-18(14)17/h5-9,11H,4,10H2,1-3H3,(H,25,26,27). The van der Waals surface area contributed by atoms with E-state index in [-0.39, 0.29) is 24.3 Å². The lowest BCUT2D eigenvalue weighted by Gasteiger charge is -2.29. The van der Waals surface area contributed by atoms with Crippen LogP contribution in [0.5, 0.6) is 0 Å². The van der Waals surface area contributed by atoms with Gasteiger partial charge in [-0.2, -0.15) is 0 Å². The zero-order chi connectivity index (χ0) is 22.3. The van der Waals surface area contributed by atoms with E-state index in [1.165, 1.54) is 23.5 Å². The molecule has 0 spiro atoms. The molecule has 1 aliphatic rings. The van der Waals surface area contributed by atoms with Gasteiger partial charge in [-0.15, -0.1) is 0 Å². The smallest absolute Gasteiger partial charge is 0.341 e. The number of halogens is 2. The number of esters is 1. The monoisotopic (exact) mass is 426 g/mol. The maximum atomic E-state index is 13.7. The molecule has 9 heteroatoms. The van der Waals surface area contributed by atoms with Gasteiger partial charge in [-0.3, -0.25) is 4.79 Å². The summed E-state index contributed by atoms with van der Waals surface area (Å²) in [7, 11) is 0. The summed E-state index contributed by atoms with van der Waals surface area (Å²) in [4.78, 5) is 38.8. The van der Waals surface area contributed by atoms with Crippen LogP contribution in [-0.2, 0) is 14.9 Å². The summed E-state index contributed by atoms with van der Waals surface area (Å²) >= 11 is 0. The van der Waals surface area contributed by atoms with E-state index in [0.29, 0.717) is 11.3 Å². The van der Waals surface area contributed by atoms with Gasteiger partial charge in [0.15, 0.2) is 11.6 Å². The molecule has 1 amide bonds. The fourth-order valence-corrected chi connectivity index (χ4v) is 3.89. The summed E-state index contributed by atoms with van der Waals surface area (Å²) in [6.45, 7) is 5.83. The van der Waals surface area contributed by atoms with Crippen molar-refractivity contribution in [3.63, 3.8) is 0 Å². The molecule has 0 fully saturated rings. The van der Waals surface area contributed by atoms with Crippen molar-refractivity contribution in [1.29, 1.82) is 0 Å². The van der Waals surface area contributed by atoms with Gasteiger partial charge < -0.3 is 14.6 Å². The lowest BCUT2D eigenvalue weighted by atomic mass is 9.82. The van der Waals surface area contributed by atoms with E-state index in [0.717, 1.165) is 23.1 Å². The first-order valence-corrected chi connectivity index (χ1v) is 9.70. The van der Waals surface area contributed by atoms with E-state index in [9.17, 15) is 18.4 Å². The summed E-state index contributed by atoms with van der Waals surface area (Å²) in [5.41, 5.74) is 1.27. The number of rotatable bonds is 3. The summed E-state index contributed by atoms with van der Waals surface area (Å²) in [5, 5.41) is 0.722. The van der Waals surface area contributed by atoms with Crippen LogP contribution in [0.3, 0.4) is 0 Å². The van der Waals surface area contributed by atoms with E-state index < -0.39 is 28.9 Å². The van der Waals surface area contributed by atoms with Crippen molar-refractivity contribution >= 4 is 28.5 Å². The average molecular weight is 426 g/mol. The molecular formula is C22H20F2N4O3. The van der Waals surface area contributed by atoms with Crippen molar-refractivity contribution in [2.75, 3.05) is 13.2 Å². The molecule has 2 aromatic heterocycles. The van der Waals surface area contributed by atoms with Crippen molar-refractivity contribution in [2.24, 2.45) is 0 Å². The Labute approximate surface area is 176 Å². The zero-order valence-corrected chi connectivity index (χ0v) is 17.2. The van der Waals surface area contributed by atoms with Crippen molar-refractivity contribution in [3.8, 4) is 0 Å². The Bertz CT molecular complexity index is 1230. The number of nitrogens with one attached hydrogen (secondary N) is 1. The Morgan fingerprint density at radius 2 is 2.03 bits per heavy atom. The van der Waals surface area contributed by atoms with Crippen LogP contribution in [0.2, 0.25) is 0 Å². The second-order valence-corrected chi connectivity index (χ2v) is 7.87. The molecule has 1 aliphatic heterocycles. The van der Waals surface area contributed by atoms with Gasteiger partial charge in [0.2, 0.25) is 0 Å². The number of H-pyrrole nitrogens is 1. The molecule has 3 heterocycles. The Morgan fingerprint density at radius 3 is 2.74 bits per heavy atom. The number of hydrogen-bond donors (Lipinski definition) is 1. The fourth-order valence-electron chi connectivity index (χ4n) is 3.89. The summed E-state index contributed by atoms with van der Waals surface area (Å²) in [6.07, 6.45) is 4.44. The van der Waals surface area contributed by atoms with Gasteiger partial charge in [-0.25, -0.2) is 23.5 Å². The molecule has 4 rings (SSSR count). The number of aromatic amines is 1. The number of amides is 1. The van der Waals surface area contributed by atoms with Gasteiger partial charge in [0.05, 0.1) is 17.9 Å². The number of carbonyl (C=O) groups excluding carboxylic acids is 2. The third-order valence-electron chi connectivity index (χ3n) is 5.19. The minimum absolute atomic E-state index is 0.0343. The molecule has 0 unspecified atom stereocenters. The lowest BCUT2D eigenvalue weighted by molar-refractivity contribution is -0.136. The molecule has 7 nitrogen and oxygen atoms in total. The molecular weight excluding hydrogens is 406 g/mol. The van der Waals surface area contributed by atoms with E-state index in [1.807, 2.05) is 13.8 Å². The highest BCUT2D eigenvalue weighted by Crippen LogP contribution is 2.39. The van der Waals surface area contributed by atoms with Crippen molar-refractivity contribution in [2.45, 2.75) is 26.2 Å². The molecule has 0 saturated heterocycles. The zero-order valence-electron chi connectivity index (χ0n) is 17.2. The second-order valence-electron chi connectivity index (χ2n) is 7.87. The first-order chi connectivity index (χ1) is 14.7. The fraction of sp³-hybridized carbons (Fsp3) is 0.273. The van der Waals surface area contributed by atoms with Gasteiger partial charge in [0, 0.05) is 35.3 Å². The van der Waals surface area contributed by atoms with Crippen LogP contribution < -0.4 is 0 Å². The predicted octanol–water partition coefficient (Wildman–Crippen LogP) is 3.57. The molecule has 0 bridgehead atoms. The van der Waals surface area contributed by atoms with Crippen LogP contribution in [-0.4, -0.2) is 44.9 Å². The number of ether oxygens (including phenoxy) is 1. The average Bonchev–Trinajstić information content (AvgIpc) is 3.07. The number of carbonyl (C=O) groups is 2. The normalized spacial score (nSPS) is 15.3. The number of benzene rings is 1. The largest absolute Gasteiger partial charge is 0.462 e. The first kappa shape index (κ1) is 20.6. The topological polar surface area (TPSA) is 88.2 Å². The molecule has 3 aromatic rings. The van der Waals surface area contributed by atoms with Gasteiger partial charge in [-0.1, -0.05) is 13.8 Å². The number of aromatic nitrogens is 3. The molecule has 0 aliphatic carbocycles. The molecule has 1 N–H and O–H groups in total. The summed E-state index contributed by atoms with van der Waals surface area (Å²) in [5.74, 6) is -3.36. The lowest BCUT2D eigenvalue weighted by Crippen LogP contribution is -2.37. The van der Waals surface area contributed by atoms with Gasteiger partial charge in [0.25, 0.3) is 5.91 Å². The Hall–Kier alpha value is -3.62. The van der Waals surface area contributed by atoms with Crippen molar-refractivity contribution in [1.82, 2.24) is 19.9 Å². The van der Waals surface area contributed by atoms with Crippen LogP contribution in [0.25, 0.3) is 16.6 Å². The Balaban J connectivity index is 1.89.